The zero-order valence-electron chi connectivity index (χ0n) is 16.0. The van der Waals surface area contributed by atoms with E-state index in [2.05, 4.69) is 32.6 Å². The smallest absolute Gasteiger partial charge is 0.324 e. The molecule has 0 bridgehead atoms. The molecule has 0 saturated heterocycles. The lowest BCUT2D eigenvalue weighted by atomic mass is 10.0. The average molecular weight is 454 g/mol. The number of nitrogens with one attached hydrogen (secondary N) is 2. The zero-order valence-corrected chi connectivity index (χ0v) is 18.4. The van der Waals surface area contributed by atoms with Crippen molar-refractivity contribution in [2.45, 2.75) is 26.8 Å². The Morgan fingerprint density at radius 3 is 2.72 bits per heavy atom. The fraction of sp³-hybridized carbons (Fsp3) is 0.316. The van der Waals surface area contributed by atoms with Crippen molar-refractivity contribution in [2.75, 3.05) is 23.7 Å². The van der Waals surface area contributed by atoms with Crippen LogP contribution in [-0.2, 0) is 13.0 Å². The van der Waals surface area contributed by atoms with Crippen LogP contribution in [0.15, 0.2) is 28.8 Å². The Morgan fingerprint density at radius 2 is 2.07 bits per heavy atom. The molecule has 7 nitrogen and oxygen atoms in total. The van der Waals surface area contributed by atoms with Gasteiger partial charge in [0.1, 0.15) is 5.00 Å². The van der Waals surface area contributed by atoms with Crippen LogP contribution in [0.3, 0.4) is 0 Å². The highest BCUT2D eigenvalue weighted by Crippen LogP contribution is 2.43. The molecule has 154 valence electrons. The first-order valence-corrected chi connectivity index (χ1v) is 10.2. The number of hydrogen-bond acceptors (Lipinski definition) is 6. The molecule has 0 aliphatic carbocycles. The third kappa shape index (κ3) is 4.72. The molecule has 29 heavy (non-hydrogen) atoms. The van der Waals surface area contributed by atoms with Crippen molar-refractivity contribution in [3.05, 3.63) is 45.6 Å². The van der Waals surface area contributed by atoms with E-state index in [9.17, 15) is 4.79 Å². The molecule has 10 heteroatoms. The van der Waals surface area contributed by atoms with Gasteiger partial charge in [-0.05, 0) is 49.7 Å². The molecule has 0 radical (unpaired) electrons. The molecule has 2 amide bonds. The number of carbonyl (C=O) groups is 1. The summed E-state index contributed by atoms with van der Waals surface area (Å²) in [6.07, 6.45) is 0.886. The second-order valence-electron chi connectivity index (χ2n) is 6.56. The number of amides is 2. The third-order valence-electron chi connectivity index (χ3n) is 4.65. The van der Waals surface area contributed by atoms with Crippen LogP contribution in [0.2, 0.25) is 5.02 Å². The van der Waals surface area contributed by atoms with Gasteiger partial charge in [0.15, 0.2) is 5.82 Å². The van der Waals surface area contributed by atoms with Crippen molar-refractivity contribution in [1.82, 2.24) is 15.0 Å². The lowest BCUT2D eigenvalue weighted by Gasteiger charge is -2.25. The quantitative estimate of drug-likeness (QED) is 0.566. The number of rotatable bonds is 4. The van der Waals surface area contributed by atoms with E-state index in [1.165, 1.54) is 10.4 Å². The molecule has 4 rings (SSSR count). The SMILES string of the molecule is CCN1CCc2c(sc(NC(=O)Nc3ccc(Cl)cc3)c2-c2nc(C)no2)C1.Cl. The average Bonchev–Trinajstić information content (AvgIpc) is 3.25. The van der Waals surface area contributed by atoms with Crippen LogP contribution in [-0.4, -0.2) is 34.2 Å². The summed E-state index contributed by atoms with van der Waals surface area (Å²) in [5, 5.41) is 11.0. The summed E-state index contributed by atoms with van der Waals surface area (Å²) in [6.45, 7) is 6.75. The first-order chi connectivity index (χ1) is 13.5. The van der Waals surface area contributed by atoms with E-state index in [0.717, 1.165) is 36.6 Å². The van der Waals surface area contributed by atoms with Gasteiger partial charge in [-0.15, -0.1) is 23.7 Å². The highest BCUT2D eigenvalue weighted by molar-refractivity contribution is 7.17. The Balaban J connectivity index is 0.00000240. The Labute approximate surface area is 183 Å². The number of carbonyl (C=O) groups excluding carboxylic acids is 1. The van der Waals surface area contributed by atoms with Gasteiger partial charge in [0, 0.05) is 28.7 Å². The molecule has 1 aliphatic heterocycles. The summed E-state index contributed by atoms with van der Waals surface area (Å²) >= 11 is 7.46. The van der Waals surface area contributed by atoms with Crippen molar-refractivity contribution in [2.24, 2.45) is 0 Å². The number of aromatic nitrogens is 2. The van der Waals surface area contributed by atoms with Crippen LogP contribution in [0.1, 0.15) is 23.2 Å². The molecular weight excluding hydrogens is 433 g/mol. The van der Waals surface area contributed by atoms with Crippen molar-refractivity contribution in [1.29, 1.82) is 0 Å². The first kappa shape index (κ1) is 21.6. The fourth-order valence-corrected chi connectivity index (χ4v) is 4.64. The van der Waals surface area contributed by atoms with Crippen LogP contribution in [0.4, 0.5) is 15.5 Å². The maximum Gasteiger partial charge on any atom is 0.324 e. The van der Waals surface area contributed by atoms with Crippen LogP contribution in [0, 0.1) is 6.92 Å². The van der Waals surface area contributed by atoms with Crippen LogP contribution < -0.4 is 10.6 Å². The first-order valence-electron chi connectivity index (χ1n) is 9.04. The Bertz CT molecular complexity index is 1000. The van der Waals surface area contributed by atoms with Gasteiger partial charge in [0.25, 0.3) is 5.89 Å². The lowest BCUT2D eigenvalue weighted by Crippen LogP contribution is -2.29. The minimum absolute atomic E-state index is 0. The Kier molecular flexibility index (Phi) is 6.79. The second kappa shape index (κ2) is 9.13. The number of halogens is 2. The van der Waals surface area contributed by atoms with Gasteiger partial charge in [0.05, 0.1) is 5.56 Å². The maximum absolute atomic E-state index is 12.6. The van der Waals surface area contributed by atoms with Crippen LogP contribution in [0.25, 0.3) is 11.5 Å². The molecule has 2 N–H and O–H groups in total. The summed E-state index contributed by atoms with van der Waals surface area (Å²) < 4.78 is 5.43. The van der Waals surface area contributed by atoms with E-state index in [0.29, 0.717) is 22.4 Å². The molecule has 0 unspecified atom stereocenters. The highest BCUT2D eigenvalue weighted by atomic mass is 35.5. The largest absolute Gasteiger partial charge is 0.334 e. The number of thiophene rings is 1. The number of fused-ring (bicyclic) bond motifs is 1. The summed E-state index contributed by atoms with van der Waals surface area (Å²) in [7, 11) is 0. The van der Waals surface area contributed by atoms with Crippen molar-refractivity contribution in [3.8, 4) is 11.5 Å². The number of benzene rings is 1. The molecule has 1 aromatic carbocycles. The molecule has 0 saturated carbocycles. The summed E-state index contributed by atoms with van der Waals surface area (Å²) in [5.74, 6) is 1.01. The predicted octanol–water partition coefficient (Wildman–Crippen LogP) is 5.20. The lowest BCUT2D eigenvalue weighted by molar-refractivity contribution is 0.262. The number of likely N-dealkylation sites (N-methyl/N-ethyl adjacent to an activating group) is 1. The number of urea groups is 1. The predicted molar refractivity (Wildman–Crippen MR) is 118 cm³/mol. The van der Waals surface area contributed by atoms with E-state index in [1.807, 2.05) is 0 Å². The van der Waals surface area contributed by atoms with Gasteiger partial charge in [0.2, 0.25) is 0 Å². The fourth-order valence-electron chi connectivity index (χ4n) is 3.24. The highest BCUT2D eigenvalue weighted by Gasteiger charge is 2.28. The van der Waals surface area contributed by atoms with Gasteiger partial charge < -0.3 is 9.84 Å². The normalized spacial score (nSPS) is 13.5. The molecule has 0 atom stereocenters. The number of nitrogens with zero attached hydrogens (tertiary/aromatic N) is 3. The Morgan fingerprint density at radius 1 is 1.31 bits per heavy atom. The van der Waals surface area contributed by atoms with Crippen molar-refractivity contribution >= 4 is 52.1 Å². The summed E-state index contributed by atoms with van der Waals surface area (Å²) in [6, 6.07) is 6.64. The van der Waals surface area contributed by atoms with E-state index < -0.39 is 0 Å². The van der Waals surface area contributed by atoms with Crippen molar-refractivity contribution < 1.29 is 9.32 Å². The molecule has 3 aromatic rings. The second-order valence-corrected chi connectivity index (χ2v) is 8.10. The Hall–Kier alpha value is -2.13. The number of aryl methyl sites for hydroxylation is 1. The van der Waals surface area contributed by atoms with Gasteiger partial charge >= 0.3 is 6.03 Å². The van der Waals surface area contributed by atoms with E-state index in [4.69, 9.17) is 16.1 Å². The molecule has 3 heterocycles. The summed E-state index contributed by atoms with van der Waals surface area (Å²) in [5.41, 5.74) is 2.68. The van der Waals surface area contributed by atoms with E-state index in [1.54, 1.807) is 42.5 Å². The summed E-state index contributed by atoms with van der Waals surface area (Å²) in [4.78, 5) is 20.6. The molecule has 0 spiro atoms. The molecule has 0 fully saturated rings. The van der Waals surface area contributed by atoms with Gasteiger partial charge in [-0.2, -0.15) is 4.98 Å². The standard InChI is InChI=1S/C19H20ClN5O2S.ClH/c1-3-25-9-8-14-15(10-25)28-18(16(14)17-21-11(2)24-27-17)23-19(26)22-13-6-4-12(20)5-7-13;/h4-7H,3,8-10H2,1-2H3,(H2,22,23,26);1H. The number of hydrogen-bond donors (Lipinski definition) is 2. The minimum atomic E-state index is -0.328. The zero-order chi connectivity index (χ0) is 19.7. The molecule has 2 aromatic heterocycles. The monoisotopic (exact) mass is 453 g/mol. The number of anilines is 2. The maximum atomic E-state index is 12.6. The molecular formula is C19H21Cl2N5O2S. The van der Waals surface area contributed by atoms with Gasteiger partial charge in [-0.1, -0.05) is 23.7 Å². The minimum Gasteiger partial charge on any atom is -0.334 e. The van der Waals surface area contributed by atoms with E-state index >= 15 is 0 Å². The van der Waals surface area contributed by atoms with Crippen LogP contribution >= 0.6 is 35.3 Å². The van der Waals surface area contributed by atoms with Crippen LogP contribution in [0.5, 0.6) is 0 Å². The molecule has 1 aliphatic rings. The van der Waals surface area contributed by atoms with Gasteiger partial charge in [-0.3, -0.25) is 10.2 Å². The van der Waals surface area contributed by atoms with Gasteiger partial charge in [-0.25, -0.2) is 4.79 Å². The topological polar surface area (TPSA) is 83.3 Å². The van der Waals surface area contributed by atoms with E-state index in [-0.39, 0.29) is 18.4 Å². The third-order valence-corrected chi connectivity index (χ3v) is 6.04. The van der Waals surface area contributed by atoms with Crippen molar-refractivity contribution in [3.63, 3.8) is 0 Å².